The highest BCUT2D eigenvalue weighted by atomic mass is 32.2. The van der Waals surface area contributed by atoms with Crippen LogP contribution in [0, 0.1) is 0 Å². The molecule has 7 heteroatoms. The van der Waals surface area contributed by atoms with E-state index in [1.807, 2.05) is 5.32 Å². The Bertz CT molecular complexity index is 301. The lowest BCUT2D eigenvalue weighted by Gasteiger charge is -2.14. The van der Waals surface area contributed by atoms with Gasteiger partial charge < -0.3 is 0 Å². The fraction of sp³-hybridized carbons (Fsp3) is 0.571. The van der Waals surface area contributed by atoms with Gasteiger partial charge in [-0.2, -0.15) is 0 Å². The van der Waals surface area contributed by atoms with E-state index in [9.17, 15) is 14.4 Å². The molecule has 0 bridgehead atoms. The van der Waals surface area contributed by atoms with E-state index in [-0.39, 0.29) is 4.58 Å². The van der Waals surface area contributed by atoms with Crippen molar-refractivity contribution in [2.45, 2.75) is 4.58 Å². The zero-order valence-corrected chi connectivity index (χ0v) is 8.82. The molecular formula is C7H8N2O3S2. The van der Waals surface area contributed by atoms with E-state index in [1.54, 1.807) is 23.5 Å². The summed E-state index contributed by atoms with van der Waals surface area (Å²) in [6.45, 7) is 0.325. The van der Waals surface area contributed by atoms with Crippen molar-refractivity contribution in [1.82, 2.24) is 10.2 Å². The van der Waals surface area contributed by atoms with Gasteiger partial charge in [-0.25, -0.2) is 4.79 Å². The number of carbonyl (C=O) groups is 3. The Kier molecular flexibility index (Phi) is 2.69. The lowest BCUT2D eigenvalue weighted by Crippen LogP contribution is -2.35. The number of rotatable bonds is 2. The highest BCUT2D eigenvalue weighted by Gasteiger charge is 2.38. The van der Waals surface area contributed by atoms with Crippen LogP contribution in [0.3, 0.4) is 0 Å². The van der Waals surface area contributed by atoms with Gasteiger partial charge in [0.25, 0.3) is 0 Å². The number of amides is 4. The summed E-state index contributed by atoms with van der Waals surface area (Å²) in [4.78, 5) is 34.1. The maximum absolute atomic E-state index is 11.2. The number of hydrogen-bond acceptors (Lipinski definition) is 5. The molecule has 5 nitrogen and oxygen atoms in total. The Morgan fingerprint density at radius 1 is 1.29 bits per heavy atom. The molecule has 0 spiro atoms. The quantitative estimate of drug-likeness (QED) is 0.530. The molecule has 0 aromatic heterocycles. The van der Waals surface area contributed by atoms with Crippen molar-refractivity contribution < 1.29 is 14.4 Å². The first-order valence-electron chi connectivity index (χ1n) is 4.08. The summed E-state index contributed by atoms with van der Waals surface area (Å²) < 4.78 is 0.218. The molecule has 2 aliphatic rings. The topological polar surface area (TPSA) is 66.5 Å². The molecule has 1 N–H and O–H groups in total. The van der Waals surface area contributed by atoms with Crippen LogP contribution in [-0.4, -0.2) is 45.4 Å². The Labute approximate surface area is 89.0 Å². The third-order valence-corrected chi connectivity index (χ3v) is 4.92. The predicted octanol–water partition coefficient (Wildman–Crippen LogP) is -0.129. The van der Waals surface area contributed by atoms with E-state index in [2.05, 4.69) is 0 Å². The molecule has 2 fully saturated rings. The highest BCUT2D eigenvalue weighted by Crippen LogP contribution is 2.32. The van der Waals surface area contributed by atoms with Crippen LogP contribution in [0.4, 0.5) is 4.79 Å². The molecule has 2 rings (SSSR count). The van der Waals surface area contributed by atoms with Crippen LogP contribution in [0.25, 0.3) is 0 Å². The molecule has 0 radical (unpaired) electrons. The minimum atomic E-state index is -0.817. The molecule has 0 aliphatic carbocycles. The summed E-state index contributed by atoms with van der Waals surface area (Å²) in [7, 11) is 0. The molecule has 4 amide bonds. The second kappa shape index (κ2) is 3.82. The lowest BCUT2D eigenvalue weighted by molar-refractivity contribution is -0.140. The van der Waals surface area contributed by atoms with Gasteiger partial charge in [-0.1, -0.05) is 0 Å². The minimum absolute atomic E-state index is 0.218. The second-order valence-electron chi connectivity index (χ2n) is 2.85. The number of imide groups is 2. The first-order chi connectivity index (χ1) is 6.68. The van der Waals surface area contributed by atoms with Crippen LogP contribution in [0.2, 0.25) is 0 Å². The number of thioether (sulfide) groups is 2. The fourth-order valence-corrected chi connectivity index (χ4v) is 4.03. The van der Waals surface area contributed by atoms with Crippen LogP contribution in [-0.2, 0) is 9.59 Å². The smallest absolute Gasteiger partial charge is 0.269 e. The van der Waals surface area contributed by atoms with Crippen molar-refractivity contribution in [3.63, 3.8) is 0 Å². The molecule has 0 aromatic rings. The van der Waals surface area contributed by atoms with Crippen molar-refractivity contribution in [1.29, 1.82) is 0 Å². The van der Waals surface area contributed by atoms with Gasteiger partial charge in [-0.15, -0.1) is 23.5 Å². The minimum Gasteiger partial charge on any atom is -0.269 e. The Balaban J connectivity index is 1.99. The average Bonchev–Trinajstić information content (AvgIpc) is 2.71. The molecule has 0 atom stereocenters. The Hall–Kier alpha value is -0.690. The first-order valence-corrected chi connectivity index (χ1v) is 6.18. The van der Waals surface area contributed by atoms with Crippen molar-refractivity contribution >= 4 is 41.4 Å². The zero-order valence-electron chi connectivity index (χ0n) is 7.19. The van der Waals surface area contributed by atoms with Crippen LogP contribution in [0.15, 0.2) is 0 Å². The SMILES string of the molecule is O=C1NC(=O)N(CC2SCCS2)C1=O. The van der Waals surface area contributed by atoms with Crippen molar-refractivity contribution in [2.75, 3.05) is 18.1 Å². The van der Waals surface area contributed by atoms with Gasteiger partial charge in [-0.05, 0) is 0 Å². The summed E-state index contributed by atoms with van der Waals surface area (Å²) >= 11 is 3.42. The van der Waals surface area contributed by atoms with Gasteiger partial charge >= 0.3 is 17.8 Å². The molecule has 0 saturated carbocycles. The van der Waals surface area contributed by atoms with E-state index in [1.165, 1.54) is 0 Å². The number of hydrogen-bond donors (Lipinski definition) is 1. The maximum Gasteiger partial charge on any atom is 0.331 e. The van der Waals surface area contributed by atoms with Gasteiger partial charge in [0.1, 0.15) is 0 Å². The predicted molar refractivity (Wildman–Crippen MR) is 54.0 cm³/mol. The maximum atomic E-state index is 11.2. The van der Waals surface area contributed by atoms with Gasteiger partial charge in [0, 0.05) is 11.5 Å². The summed E-state index contributed by atoms with van der Waals surface area (Å²) in [5.74, 6) is 0.519. The van der Waals surface area contributed by atoms with E-state index in [0.29, 0.717) is 6.54 Å². The van der Waals surface area contributed by atoms with Crippen LogP contribution in [0.1, 0.15) is 0 Å². The second-order valence-corrected chi connectivity index (χ2v) is 5.77. The summed E-state index contributed by atoms with van der Waals surface area (Å²) in [6, 6.07) is -0.590. The van der Waals surface area contributed by atoms with E-state index in [0.717, 1.165) is 16.4 Å². The van der Waals surface area contributed by atoms with E-state index in [4.69, 9.17) is 0 Å². The number of nitrogens with one attached hydrogen (secondary N) is 1. The van der Waals surface area contributed by atoms with E-state index < -0.39 is 17.8 Å². The normalized spacial score (nSPS) is 23.4. The molecule has 14 heavy (non-hydrogen) atoms. The van der Waals surface area contributed by atoms with Crippen LogP contribution >= 0.6 is 23.5 Å². The number of carbonyl (C=O) groups excluding carboxylic acids is 3. The Morgan fingerprint density at radius 2 is 1.93 bits per heavy atom. The third-order valence-electron chi connectivity index (χ3n) is 1.93. The molecule has 2 heterocycles. The molecule has 2 saturated heterocycles. The monoisotopic (exact) mass is 232 g/mol. The highest BCUT2D eigenvalue weighted by molar-refractivity contribution is 8.20. The standard InChI is InChI=1S/C7H8N2O3S2/c10-5-6(11)9(7(12)8-5)3-4-13-1-2-14-4/h4H,1-3H2,(H,8,10,12). The third kappa shape index (κ3) is 1.74. The van der Waals surface area contributed by atoms with Crippen molar-refractivity contribution in [3.05, 3.63) is 0 Å². The molecule has 0 unspecified atom stereocenters. The molecular weight excluding hydrogens is 224 g/mol. The van der Waals surface area contributed by atoms with E-state index >= 15 is 0 Å². The van der Waals surface area contributed by atoms with Gasteiger partial charge in [0.15, 0.2) is 0 Å². The number of nitrogens with zero attached hydrogens (tertiary/aromatic N) is 1. The van der Waals surface area contributed by atoms with Crippen molar-refractivity contribution in [2.24, 2.45) is 0 Å². The van der Waals surface area contributed by atoms with Crippen molar-refractivity contribution in [3.8, 4) is 0 Å². The summed E-state index contributed by atoms with van der Waals surface area (Å²) in [5, 5.41) is 1.97. The zero-order chi connectivity index (χ0) is 10.1. The van der Waals surface area contributed by atoms with Gasteiger partial charge in [0.05, 0.1) is 11.1 Å². The average molecular weight is 232 g/mol. The number of urea groups is 1. The largest absolute Gasteiger partial charge is 0.331 e. The molecule has 0 aromatic carbocycles. The van der Waals surface area contributed by atoms with Gasteiger partial charge in [-0.3, -0.25) is 19.8 Å². The fourth-order valence-electron chi connectivity index (χ4n) is 1.26. The first kappa shape index (κ1) is 9.85. The van der Waals surface area contributed by atoms with Gasteiger partial charge in [0.2, 0.25) is 0 Å². The van der Waals surface area contributed by atoms with Crippen LogP contribution < -0.4 is 5.32 Å². The van der Waals surface area contributed by atoms with Crippen LogP contribution in [0.5, 0.6) is 0 Å². The summed E-state index contributed by atoms with van der Waals surface area (Å²) in [6.07, 6.45) is 0. The molecule has 76 valence electrons. The molecule has 2 aliphatic heterocycles. The Morgan fingerprint density at radius 3 is 2.43 bits per heavy atom. The summed E-state index contributed by atoms with van der Waals surface area (Å²) in [5.41, 5.74) is 0. The lowest BCUT2D eigenvalue weighted by atomic mass is 10.5.